The Kier molecular flexibility index (Phi) is 7.10. The molecule has 0 radical (unpaired) electrons. The van der Waals surface area contributed by atoms with Crippen molar-refractivity contribution < 1.29 is 9.59 Å². The van der Waals surface area contributed by atoms with Gasteiger partial charge in [0, 0.05) is 33.5 Å². The van der Waals surface area contributed by atoms with Crippen LogP contribution in [0.4, 0.5) is 11.4 Å². The SMILES string of the molecule is CCCNC(=O)c1ccc(NC(=O)CNc2cc(Cl)cc(Cl)c2)cc1. The van der Waals surface area contributed by atoms with Gasteiger partial charge >= 0.3 is 0 Å². The maximum Gasteiger partial charge on any atom is 0.251 e. The number of hydrogen-bond acceptors (Lipinski definition) is 3. The summed E-state index contributed by atoms with van der Waals surface area (Å²) in [6.45, 7) is 2.69. The van der Waals surface area contributed by atoms with E-state index in [4.69, 9.17) is 23.2 Å². The van der Waals surface area contributed by atoms with Gasteiger partial charge in [-0.25, -0.2) is 0 Å². The molecule has 0 atom stereocenters. The van der Waals surface area contributed by atoms with Crippen molar-refractivity contribution in [1.29, 1.82) is 0 Å². The summed E-state index contributed by atoms with van der Waals surface area (Å²) in [5.74, 6) is -0.349. The molecule has 2 amide bonds. The number of halogens is 2. The molecule has 0 aliphatic heterocycles. The van der Waals surface area contributed by atoms with E-state index in [1.54, 1.807) is 42.5 Å². The highest BCUT2D eigenvalue weighted by molar-refractivity contribution is 6.35. The van der Waals surface area contributed by atoms with E-state index in [1.165, 1.54) is 0 Å². The number of carbonyl (C=O) groups excluding carboxylic acids is 2. The predicted octanol–water partition coefficient (Wildman–Crippen LogP) is 4.18. The van der Waals surface area contributed by atoms with E-state index in [-0.39, 0.29) is 18.4 Å². The van der Waals surface area contributed by atoms with Crippen molar-refractivity contribution in [2.75, 3.05) is 23.7 Å². The van der Waals surface area contributed by atoms with Crippen LogP contribution in [0.5, 0.6) is 0 Å². The quantitative estimate of drug-likeness (QED) is 0.675. The van der Waals surface area contributed by atoms with Crippen molar-refractivity contribution in [2.45, 2.75) is 13.3 Å². The molecule has 0 aliphatic rings. The van der Waals surface area contributed by atoms with Crippen molar-refractivity contribution in [3.63, 3.8) is 0 Å². The van der Waals surface area contributed by atoms with Gasteiger partial charge in [0.05, 0.1) is 6.54 Å². The molecule has 2 rings (SSSR count). The van der Waals surface area contributed by atoms with E-state index >= 15 is 0 Å². The first-order valence-corrected chi connectivity index (χ1v) is 8.61. The van der Waals surface area contributed by atoms with Crippen molar-refractivity contribution in [3.05, 3.63) is 58.1 Å². The fourth-order valence-corrected chi connectivity index (χ4v) is 2.61. The van der Waals surface area contributed by atoms with Crippen molar-refractivity contribution in [1.82, 2.24) is 5.32 Å². The smallest absolute Gasteiger partial charge is 0.251 e. The number of hydrogen-bond donors (Lipinski definition) is 3. The molecule has 25 heavy (non-hydrogen) atoms. The third-order valence-corrected chi connectivity index (χ3v) is 3.72. The topological polar surface area (TPSA) is 70.2 Å². The molecule has 132 valence electrons. The van der Waals surface area contributed by atoms with E-state index in [9.17, 15) is 9.59 Å². The Morgan fingerprint density at radius 3 is 2.20 bits per heavy atom. The Hall–Kier alpha value is -2.24. The van der Waals surface area contributed by atoms with Gasteiger partial charge < -0.3 is 16.0 Å². The number of anilines is 2. The number of benzene rings is 2. The molecule has 0 saturated heterocycles. The molecule has 0 spiro atoms. The lowest BCUT2D eigenvalue weighted by Crippen LogP contribution is -2.24. The van der Waals surface area contributed by atoms with Gasteiger partial charge in [0.1, 0.15) is 0 Å². The lowest BCUT2D eigenvalue weighted by molar-refractivity contribution is -0.114. The minimum atomic E-state index is -0.223. The number of amides is 2. The highest BCUT2D eigenvalue weighted by atomic mass is 35.5. The first kappa shape index (κ1) is 19.1. The van der Waals surface area contributed by atoms with Crippen molar-refractivity contribution in [3.8, 4) is 0 Å². The summed E-state index contributed by atoms with van der Waals surface area (Å²) in [5, 5.41) is 9.49. The lowest BCUT2D eigenvalue weighted by Gasteiger charge is -2.09. The van der Waals surface area contributed by atoms with Crippen LogP contribution < -0.4 is 16.0 Å². The second kappa shape index (κ2) is 9.30. The lowest BCUT2D eigenvalue weighted by atomic mass is 10.2. The summed E-state index contributed by atoms with van der Waals surface area (Å²) in [5.41, 5.74) is 1.83. The first-order valence-electron chi connectivity index (χ1n) is 7.86. The monoisotopic (exact) mass is 379 g/mol. The molecule has 0 unspecified atom stereocenters. The molecule has 0 heterocycles. The highest BCUT2D eigenvalue weighted by Gasteiger charge is 2.06. The normalized spacial score (nSPS) is 10.2. The molecule has 0 saturated carbocycles. The van der Waals surface area contributed by atoms with Crippen LogP contribution in [0.25, 0.3) is 0 Å². The van der Waals surface area contributed by atoms with Crippen LogP contribution in [0, 0.1) is 0 Å². The number of nitrogens with one attached hydrogen (secondary N) is 3. The standard InChI is InChI=1S/C18H19Cl2N3O2/c1-2-7-21-18(25)12-3-5-15(6-4-12)23-17(24)11-22-16-9-13(19)8-14(20)10-16/h3-6,8-10,22H,2,7,11H2,1H3,(H,21,25)(H,23,24). The van der Waals surface area contributed by atoms with E-state index in [2.05, 4.69) is 16.0 Å². The fraction of sp³-hybridized carbons (Fsp3) is 0.222. The second-order valence-corrected chi connectivity index (χ2v) is 6.27. The average Bonchev–Trinajstić information content (AvgIpc) is 2.58. The zero-order valence-electron chi connectivity index (χ0n) is 13.7. The minimum Gasteiger partial charge on any atom is -0.376 e. The van der Waals surface area contributed by atoms with Crippen molar-refractivity contribution in [2.24, 2.45) is 0 Å². The molecule has 5 nitrogen and oxygen atoms in total. The predicted molar refractivity (Wildman–Crippen MR) is 103 cm³/mol. The second-order valence-electron chi connectivity index (χ2n) is 5.39. The van der Waals surface area contributed by atoms with Gasteiger partial charge in [-0.15, -0.1) is 0 Å². The molecule has 0 aliphatic carbocycles. The summed E-state index contributed by atoms with van der Waals surface area (Å²) < 4.78 is 0. The Morgan fingerprint density at radius 1 is 0.960 bits per heavy atom. The first-order chi connectivity index (χ1) is 12.0. The van der Waals surface area contributed by atoms with Crippen LogP contribution in [-0.2, 0) is 4.79 Å². The van der Waals surface area contributed by atoms with Crippen LogP contribution >= 0.6 is 23.2 Å². The molecule has 7 heteroatoms. The Balaban J connectivity index is 1.86. The zero-order valence-corrected chi connectivity index (χ0v) is 15.2. The minimum absolute atomic E-state index is 0.0649. The van der Waals surface area contributed by atoms with Crippen LogP contribution in [-0.4, -0.2) is 24.9 Å². The van der Waals surface area contributed by atoms with Crippen molar-refractivity contribution >= 4 is 46.4 Å². The molecule has 3 N–H and O–H groups in total. The summed E-state index contributed by atoms with van der Waals surface area (Å²) >= 11 is 11.8. The largest absolute Gasteiger partial charge is 0.376 e. The number of rotatable bonds is 7. The van der Waals surface area contributed by atoms with Gasteiger partial charge in [0.2, 0.25) is 5.91 Å². The van der Waals surface area contributed by atoms with Crippen LogP contribution in [0.2, 0.25) is 10.0 Å². The van der Waals surface area contributed by atoms with E-state index in [1.807, 2.05) is 6.92 Å². The Morgan fingerprint density at radius 2 is 1.60 bits per heavy atom. The molecular weight excluding hydrogens is 361 g/mol. The summed E-state index contributed by atoms with van der Waals surface area (Å²) in [4.78, 5) is 23.8. The van der Waals surface area contributed by atoms with Gasteiger partial charge in [-0.2, -0.15) is 0 Å². The molecule has 2 aromatic carbocycles. The number of carbonyl (C=O) groups is 2. The van der Waals surface area contributed by atoms with Gasteiger partial charge in [0.15, 0.2) is 0 Å². The van der Waals surface area contributed by atoms with Crippen LogP contribution in [0.3, 0.4) is 0 Å². The highest BCUT2D eigenvalue weighted by Crippen LogP contribution is 2.22. The van der Waals surface area contributed by atoms with Crippen LogP contribution in [0.15, 0.2) is 42.5 Å². The fourth-order valence-electron chi connectivity index (χ4n) is 2.09. The van der Waals surface area contributed by atoms with E-state index in [0.29, 0.717) is 33.5 Å². The third-order valence-electron chi connectivity index (χ3n) is 3.28. The van der Waals surface area contributed by atoms with Gasteiger partial charge in [-0.3, -0.25) is 9.59 Å². The molecule has 0 fully saturated rings. The summed E-state index contributed by atoms with van der Waals surface area (Å²) in [6.07, 6.45) is 0.880. The average molecular weight is 380 g/mol. The molecule has 0 aromatic heterocycles. The Bertz CT molecular complexity index is 728. The maximum absolute atomic E-state index is 12.0. The van der Waals surface area contributed by atoms with E-state index < -0.39 is 0 Å². The third kappa shape index (κ3) is 6.29. The maximum atomic E-state index is 12.0. The molecular formula is C18H19Cl2N3O2. The van der Waals surface area contributed by atoms with Crippen LogP contribution in [0.1, 0.15) is 23.7 Å². The van der Waals surface area contributed by atoms with E-state index in [0.717, 1.165) is 6.42 Å². The van der Waals surface area contributed by atoms with Gasteiger partial charge in [-0.05, 0) is 48.9 Å². The summed E-state index contributed by atoms with van der Waals surface area (Å²) in [6, 6.07) is 11.7. The van der Waals surface area contributed by atoms with Gasteiger partial charge in [-0.1, -0.05) is 30.1 Å². The Labute approximate surface area is 156 Å². The molecule has 2 aromatic rings. The summed E-state index contributed by atoms with van der Waals surface area (Å²) in [7, 11) is 0. The zero-order chi connectivity index (χ0) is 18.2. The molecule has 0 bridgehead atoms. The van der Waals surface area contributed by atoms with Gasteiger partial charge in [0.25, 0.3) is 5.91 Å².